The van der Waals surface area contributed by atoms with Crippen LogP contribution >= 0.6 is 0 Å². The van der Waals surface area contributed by atoms with E-state index in [4.69, 9.17) is 0 Å². The van der Waals surface area contributed by atoms with Gasteiger partial charge in [0.25, 0.3) is 0 Å². The third-order valence-corrected chi connectivity index (χ3v) is 4.19. The molecule has 0 radical (unpaired) electrons. The highest BCUT2D eigenvalue weighted by Crippen LogP contribution is 2.40. The summed E-state index contributed by atoms with van der Waals surface area (Å²) in [7, 11) is 0. The molecule has 0 bridgehead atoms. The maximum absolute atomic E-state index is 13.0. The average molecular weight is 260 g/mol. The zero-order valence-corrected chi connectivity index (χ0v) is 11.6. The van der Waals surface area contributed by atoms with Crippen LogP contribution in [0.15, 0.2) is 24.3 Å². The highest BCUT2D eigenvalue weighted by atomic mass is 19.1. The fraction of sp³-hybridized carbons (Fsp3) is 0.562. The number of hydrogen-bond donors (Lipinski definition) is 1. The molecule has 2 rings (SSSR count). The van der Waals surface area contributed by atoms with Crippen LogP contribution in [0.4, 0.5) is 10.1 Å². The average Bonchev–Trinajstić information content (AvgIpc) is 2.41. The van der Waals surface area contributed by atoms with Crippen molar-refractivity contribution in [3.8, 4) is 6.07 Å². The largest absolute Gasteiger partial charge is 0.367 e. The van der Waals surface area contributed by atoms with Gasteiger partial charge in [-0.05, 0) is 48.9 Å². The SMILES string of the molecule is CC(C)C1CCCCC1(C#N)Nc1ccc(F)cc1. The van der Waals surface area contributed by atoms with Crippen molar-refractivity contribution in [2.24, 2.45) is 11.8 Å². The molecule has 0 aromatic heterocycles. The molecule has 2 unspecified atom stereocenters. The Morgan fingerprint density at radius 1 is 1.32 bits per heavy atom. The molecule has 0 spiro atoms. The van der Waals surface area contributed by atoms with Crippen LogP contribution in [0.5, 0.6) is 0 Å². The van der Waals surface area contributed by atoms with E-state index in [1.165, 1.54) is 18.6 Å². The Morgan fingerprint density at radius 3 is 2.58 bits per heavy atom. The maximum Gasteiger partial charge on any atom is 0.128 e. The Morgan fingerprint density at radius 2 is 2.00 bits per heavy atom. The van der Waals surface area contributed by atoms with Gasteiger partial charge in [-0.25, -0.2) is 4.39 Å². The summed E-state index contributed by atoms with van der Waals surface area (Å²) < 4.78 is 13.0. The first kappa shape index (κ1) is 13.9. The van der Waals surface area contributed by atoms with Crippen LogP contribution in [0, 0.1) is 29.0 Å². The molecule has 1 N–H and O–H groups in total. The second-order valence-corrected chi connectivity index (χ2v) is 5.81. The molecule has 0 heterocycles. The molecule has 1 aliphatic carbocycles. The van der Waals surface area contributed by atoms with Gasteiger partial charge in [0.05, 0.1) is 6.07 Å². The summed E-state index contributed by atoms with van der Waals surface area (Å²) >= 11 is 0. The monoisotopic (exact) mass is 260 g/mol. The third kappa shape index (κ3) is 2.89. The van der Waals surface area contributed by atoms with Gasteiger partial charge >= 0.3 is 0 Å². The minimum Gasteiger partial charge on any atom is -0.367 e. The Bertz CT molecular complexity index is 461. The summed E-state index contributed by atoms with van der Waals surface area (Å²) in [5.74, 6) is 0.560. The first-order chi connectivity index (χ1) is 9.07. The van der Waals surface area contributed by atoms with Gasteiger partial charge in [0.15, 0.2) is 0 Å². The highest BCUT2D eigenvalue weighted by Gasteiger charge is 2.42. The molecule has 1 aliphatic rings. The first-order valence-electron chi connectivity index (χ1n) is 7.02. The summed E-state index contributed by atoms with van der Waals surface area (Å²) in [6, 6.07) is 8.79. The first-order valence-corrected chi connectivity index (χ1v) is 7.02. The zero-order valence-electron chi connectivity index (χ0n) is 11.6. The Labute approximate surface area is 114 Å². The van der Waals surface area contributed by atoms with Crippen molar-refractivity contribution in [1.82, 2.24) is 0 Å². The quantitative estimate of drug-likeness (QED) is 0.877. The van der Waals surface area contributed by atoms with E-state index in [0.717, 1.165) is 24.9 Å². The normalized spacial score (nSPS) is 27.0. The van der Waals surface area contributed by atoms with E-state index < -0.39 is 5.54 Å². The molecule has 0 amide bonds. The molecule has 1 aromatic rings. The van der Waals surface area contributed by atoms with E-state index in [0.29, 0.717) is 11.8 Å². The van der Waals surface area contributed by atoms with Gasteiger partial charge in [0.1, 0.15) is 11.4 Å². The molecule has 1 aromatic carbocycles. The predicted octanol–water partition coefficient (Wildman–Crippen LogP) is 4.35. The summed E-state index contributed by atoms with van der Waals surface area (Å²) in [5, 5.41) is 13.1. The van der Waals surface area contributed by atoms with Crippen LogP contribution in [0.25, 0.3) is 0 Å². The van der Waals surface area contributed by atoms with Crippen molar-refractivity contribution in [2.45, 2.75) is 45.1 Å². The third-order valence-electron chi connectivity index (χ3n) is 4.19. The molecule has 1 fully saturated rings. The lowest BCUT2D eigenvalue weighted by Gasteiger charge is -2.42. The van der Waals surface area contributed by atoms with E-state index in [2.05, 4.69) is 25.2 Å². The van der Waals surface area contributed by atoms with E-state index >= 15 is 0 Å². The number of anilines is 1. The lowest BCUT2D eigenvalue weighted by atomic mass is 9.68. The lowest BCUT2D eigenvalue weighted by Crippen LogP contribution is -2.48. The second-order valence-electron chi connectivity index (χ2n) is 5.81. The van der Waals surface area contributed by atoms with Gasteiger partial charge in [0, 0.05) is 5.69 Å². The standard InChI is InChI=1S/C16H21FN2/c1-12(2)15-5-3-4-10-16(15,11-18)19-14-8-6-13(17)7-9-14/h6-9,12,15,19H,3-5,10H2,1-2H3. The van der Waals surface area contributed by atoms with Gasteiger partial charge in [-0.15, -0.1) is 0 Å². The van der Waals surface area contributed by atoms with Gasteiger partial charge in [-0.2, -0.15) is 5.26 Å². The van der Waals surface area contributed by atoms with Crippen LogP contribution in [0.2, 0.25) is 0 Å². The van der Waals surface area contributed by atoms with E-state index in [1.54, 1.807) is 12.1 Å². The van der Waals surface area contributed by atoms with Crippen LogP contribution in [-0.2, 0) is 0 Å². The predicted molar refractivity (Wildman–Crippen MR) is 75.2 cm³/mol. The Hall–Kier alpha value is -1.56. The topological polar surface area (TPSA) is 35.8 Å². The molecule has 102 valence electrons. The molecule has 1 saturated carbocycles. The van der Waals surface area contributed by atoms with Gasteiger partial charge in [-0.1, -0.05) is 26.7 Å². The highest BCUT2D eigenvalue weighted by molar-refractivity contribution is 5.48. The summed E-state index contributed by atoms with van der Waals surface area (Å²) in [5.41, 5.74) is 0.319. The van der Waals surface area contributed by atoms with Crippen molar-refractivity contribution in [3.05, 3.63) is 30.1 Å². The number of nitriles is 1. The number of hydrogen-bond acceptors (Lipinski definition) is 2. The van der Waals surface area contributed by atoms with Crippen LogP contribution in [0.1, 0.15) is 39.5 Å². The molecule has 2 atom stereocenters. The number of benzene rings is 1. The fourth-order valence-electron chi connectivity index (χ4n) is 3.22. The van der Waals surface area contributed by atoms with Gasteiger partial charge in [-0.3, -0.25) is 0 Å². The minimum absolute atomic E-state index is 0.249. The zero-order chi connectivity index (χ0) is 13.9. The number of rotatable bonds is 3. The maximum atomic E-state index is 13.0. The van der Waals surface area contributed by atoms with Crippen LogP contribution in [0.3, 0.4) is 0 Å². The number of nitrogens with one attached hydrogen (secondary N) is 1. The molecule has 3 heteroatoms. The second kappa shape index (κ2) is 5.61. The van der Waals surface area contributed by atoms with Gasteiger partial charge < -0.3 is 5.32 Å². The van der Waals surface area contributed by atoms with Crippen molar-refractivity contribution < 1.29 is 4.39 Å². The van der Waals surface area contributed by atoms with Crippen LogP contribution in [-0.4, -0.2) is 5.54 Å². The molecule has 2 nitrogen and oxygen atoms in total. The van der Waals surface area contributed by atoms with Crippen molar-refractivity contribution in [3.63, 3.8) is 0 Å². The summed E-state index contributed by atoms with van der Waals surface area (Å²) in [6.07, 6.45) is 4.21. The Balaban J connectivity index is 2.25. The van der Waals surface area contributed by atoms with Crippen molar-refractivity contribution in [2.75, 3.05) is 5.32 Å². The molecule has 19 heavy (non-hydrogen) atoms. The summed E-state index contributed by atoms with van der Waals surface area (Å²) in [6.45, 7) is 4.35. The number of halogens is 1. The molecular weight excluding hydrogens is 239 g/mol. The molecule has 0 saturated heterocycles. The van der Waals surface area contributed by atoms with E-state index in [9.17, 15) is 9.65 Å². The summed E-state index contributed by atoms with van der Waals surface area (Å²) in [4.78, 5) is 0. The lowest BCUT2D eigenvalue weighted by molar-refractivity contribution is 0.205. The van der Waals surface area contributed by atoms with Crippen molar-refractivity contribution in [1.29, 1.82) is 5.26 Å². The smallest absolute Gasteiger partial charge is 0.128 e. The van der Waals surface area contributed by atoms with E-state index in [-0.39, 0.29) is 5.82 Å². The fourth-order valence-corrected chi connectivity index (χ4v) is 3.22. The van der Waals surface area contributed by atoms with Crippen molar-refractivity contribution >= 4 is 5.69 Å². The number of nitrogens with zero attached hydrogens (tertiary/aromatic N) is 1. The van der Waals surface area contributed by atoms with Crippen LogP contribution < -0.4 is 5.32 Å². The minimum atomic E-state index is -0.510. The van der Waals surface area contributed by atoms with E-state index in [1.807, 2.05) is 0 Å². The molecule has 0 aliphatic heterocycles. The molecular formula is C16H21FN2. The van der Waals surface area contributed by atoms with Gasteiger partial charge in [0.2, 0.25) is 0 Å². The Kier molecular flexibility index (Phi) is 4.09.